The normalized spacial score (nSPS) is 10.6. The fourth-order valence-electron chi connectivity index (χ4n) is 1.94. The summed E-state index contributed by atoms with van der Waals surface area (Å²) in [5, 5.41) is 9.45. The Bertz CT molecular complexity index is 672. The molecule has 0 saturated carbocycles. The van der Waals surface area contributed by atoms with Crippen LogP contribution in [-0.4, -0.2) is 23.2 Å². The molecular formula is C13H13NO4. The number of pyridine rings is 1. The van der Waals surface area contributed by atoms with E-state index in [9.17, 15) is 9.59 Å². The smallest absolute Gasteiger partial charge is 0.341 e. The molecule has 0 atom stereocenters. The first-order valence-electron chi connectivity index (χ1n) is 5.54. The maximum atomic E-state index is 12.1. The van der Waals surface area contributed by atoms with Gasteiger partial charge in [0, 0.05) is 17.1 Å². The minimum atomic E-state index is -1.20. The van der Waals surface area contributed by atoms with Crippen LogP contribution in [-0.2, 0) is 6.42 Å². The lowest BCUT2D eigenvalue weighted by molar-refractivity contribution is 0.0694. The second-order valence-corrected chi connectivity index (χ2v) is 3.88. The Morgan fingerprint density at radius 2 is 2.17 bits per heavy atom. The third-order valence-electron chi connectivity index (χ3n) is 2.85. The molecule has 0 spiro atoms. The van der Waals surface area contributed by atoms with Gasteiger partial charge in [0.15, 0.2) is 0 Å². The number of ether oxygens (including phenoxy) is 1. The first-order chi connectivity index (χ1) is 8.58. The number of carbonyl (C=O) groups is 1. The van der Waals surface area contributed by atoms with Crippen LogP contribution in [0.25, 0.3) is 10.9 Å². The van der Waals surface area contributed by atoms with E-state index in [1.807, 2.05) is 0 Å². The Balaban J connectivity index is 2.86. The number of methoxy groups -OCH3 is 1. The van der Waals surface area contributed by atoms with Crippen molar-refractivity contribution in [1.29, 1.82) is 0 Å². The number of carboxylic acids is 1. The monoisotopic (exact) mass is 247 g/mol. The molecule has 2 N–H and O–H groups in total. The number of hydrogen-bond acceptors (Lipinski definition) is 3. The lowest BCUT2D eigenvalue weighted by atomic mass is 10.1. The predicted molar refractivity (Wildman–Crippen MR) is 67.5 cm³/mol. The van der Waals surface area contributed by atoms with Crippen molar-refractivity contribution in [2.24, 2.45) is 0 Å². The van der Waals surface area contributed by atoms with E-state index in [-0.39, 0.29) is 5.56 Å². The zero-order chi connectivity index (χ0) is 13.3. The molecule has 0 aliphatic rings. The van der Waals surface area contributed by atoms with Gasteiger partial charge in [0.1, 0.15) is 11.3 Å². The van der Waals surface area contributed by atoms with Crippen LogP contribution in [0.3, 0.4) is 0 Å². The fraction of sp³-hybridized carbons (Fsp3) is 0.231. The van der Waals surface area contributed by atoms with Gasteiger partial charge >= 0.3 is 5.97 Å². The molecule has 1 heterocycles. The van der Waals surface area contributed by atoms with E-state index in [0.29, 0.717) is 28.8 Å². The van der Waals surface area contributed by atoms with E-state index in [1.54, 1.807) is 25.1 Å². The summed E-state index contributed by atoms with van der Waals surface area (Å²) < 4.78 is 5.07. The van der Waals surface area contributed by atoms with Crippen LogP contribution in [0.2, 0.25) is 0 Å². The predicted octanol–water partition coefficient (Wildman–Crippen LogP) is 1.80. The highest BCUT2D eigenvalue weighted by atomic mass is 16.5. The van der Waals surface area contributed by atoms with Gasteiger partial charge in [-0.05, 0) is 18.6 Å². The molecule has 1 aromatic carbocycles. The van der Waals surface area contributed by atoms with Gasteiger partial charge in [0.2, 0.25) is 5.43 Å². The summed E-state index contributed by atoms with van der Waals surface area (Å²) in [5.41, 5.74) is 0.361. The molecule has 18 heavy (non-hydrogen) atoms. The zero-order valence-electron chi connectivity index (χ0n) is 10.1. The van der Waals surface area contributed by atoms with Gasteiger partial charge in [-0.3, -0.25) is 4.79 Å². The van der Waals surface area contributed by atoms with Crippen molar-refractivity contribution in [2.45, 2.75) is 13.3 Å². The van der Waals surface area contributed by atoms with Crippen LogP contribution < -0.4 is 10.2 Å². The minimum Gasteiger partial charge on any atom is -0.497 e. The Morgan fingerprint density at radius 3 is 2.72 bits per heavy atom. The number of rotatable bonds is 3. The summed E-state index contributed by atoms with van der Waals surface area (Å²) in [5.74, 6) is -0.589. The van der Waals surface area contributed by atoms with E-state index < -0.39 is 11.4 Å². The molecule has 0 bridgehead atoms. The molecule has 0 amide bonds. The number of H-pyrrole nitrogens is 1. The van der Waals surface area contributed by atoms with Crippen LogP contribution >= 0.6 is 0 Å². The second kappa shape index (κ2) is 4.52. The SMILES string of the molecule is CCc1[nH]c2cc(OC)ccc2c(=O)c1C(=O)O. The number of fused-ring (bicyclic) bond motifs is 1. The largest absolute Gasteiger partial charge is 0.497 e. The molecule has 0 fully saturated rings. The molecule has 0 saturated heterocycles. The summed E-state index contributed by atoms with van der Waals surface area (Å²) in [4.78, 5) is 26.2. The Hall–Kier alpha value is -2.30. The van der Waals surface area contributed by atoms with E-state index in [1.165, 1.54) is 7.11 Å². The van der Waals surface area contributed by atoms with E-state index in [4.69, 9.17) is 9.84 Å². The van der Waals surface area contributed by atoms with Gasteiger partial charge in [-0.25, -0.2) is 4.79 Å². The van der Waals surface area contributed by atoms with Gasteiger partial charge in [0.25, 0.3) is 0 Å². The Morgan fingerprint density at radius 1 is 1.44 bits per heavy atom. The Kier molecular flexibility index (Phi) is 3.06. The number of aryl methyl sites for hydroxylation is 1. The third-order valence-corrected chi connectivity index (χ3v) is 2.85. The van der Waals surface area contributed by atoms with Gasteiger partial charge in [-0.2, -0.15) is 0 Å². The number of carboxylic acid groups (broad SMARTS) is 1. The summed E-state index contributed by atoms with van der Waals surface area (Å²) in [6.45, 7) is 1.80. The van der Waals surface area contributed by atoms with Crippen molar-refractivity contribution < 1.29 is 14.6 Å². The molecule has 5 heteroatoms. The van der Waals surface area contributed by atoms with Gasteiger partial charge < -0.3 is 14.8 Å². The second-order valence-electron chi connectivity index (χ2n) is 3.88. The number of aromatic amines is 1. The van der Waals surface area contributed by atoms with Crippen LogP contribution in [0.1, 0.15) is 23.0 Å². The summed E-state index contributed by atoms with van der Waals surface area (Å²) in [7, 11) is 1.53. The molecule has 0 aliphatic carbocycles. The van der Waals surface area contributed by atoms with Crippen LogP contribution in [0, 0.1) is 0 Å². The van der Waals surface area contributed by atoms with Gasteiger partial charge in [-0.15, -0.1) is 0 Å². The topological polar surface area (TPSA) is 79.4 Å². The summed E-state index contributed by atoms with van der Waals surface area (Å²) >= 11 is 0. The highest BCUT2D eigenvalue weighted by molar-refractivity contribution is 5.94. The summed E-state index contributed by atoms with van der Waals surface area (Å²) in [6, 6.07) is 4.88. The van der Waals surface area contributed by atoms with Crippen molar-refractivity contribution >= 4 is 16.9 Å². The fourth-order valence-corrected chi connectivity index (χ4v) is 1.94. The van der Waals surface area contributed by atoms with Crippen molar-refractivity contribution in [3.63, 3.8) is 0 Å². The number of benzene rings is 1. The Labute approximate surface area is 103 Å². The molecule has 2 rings (SSSR count). The number of hydrogen-bond donors (Lipinski definition) is 2. The zero-order valence-corrected chi connectivity index (χ0v) is 10.1. The van der Waals surface area contributed by atoms with E-state index >= 15 is 0 Å². The van der Waals surface area contributed by atoms with Crippen LogP contribution in [0.4, 0.5) is 0 Å². The molecule has 0 unspecified atom stereocenters. The van der Waals surface area contributed by atoms with E-state index in [0.717, 1.165) is 0 Å². The highest BCUT2D eigenvalue weighted by Crippen LogP contribution is 2.18. The average molecular weight is 247 g/mol. The molecule has 0 aliphatic heterocycles. The maximum absolute atomic E-state index is 12.1. The molecule has 2 aromatic rings. The quantitative estimate of drug-likeness (QED) is 0.866. The van der Waals surface area contributed by atoms with Gasteiger partial charge in [0.05, 0.1) is 12.6 Å². The molecular weight excluding hydrogens is 234 g/mol. The first kappa shape index (κ1) is 12.2. The standard InChI is InChI=1S/C13H13NO4/c1-3-9-11(13(16)17)12(15)8-5-4-7(18-2)6-10(8)14-9/h4-6H,3H2,1-2H3,(H,14,15)(H,16,17). The molecule has 94 valence electrons. The lowest BCUT2D eigenvalue weighted by Crippen LogP contribution is -2.19. The highest BCUT2D eigenvalue weighted by Gasteiger charge is 2.17. The maximum Gasteiger partial charge on any atom is 0.341 e. The van der Waals surface area contributed by atoms with E-state index in [2.05, 4.69) is 4.98 Å². The minimum absolute atomic E-state index is 0.185. The molecule has 1 aromatic heterocycles. The third kappa shape index (κ3) is 1.84. The number of aromatic carboxylic acids is 1. The first-order valence-corrected chi connectivity index (χ1v) is 5.54. The molecule has 0 radical (unpaired) electrons. The van der Waals surface area contributed by atoms with Gasteiger partial charge in [-0.1, -0.05) is 6.92 Å². The lowest BCUT2D eigenvalue weighted by Gasteiger charge is -2.07. The van der Waals surface area contributed by atoms with Crippen molar-refractivity contribution in [3.05, 3.63) is 39.7 Å². The average Bonchev–Trinajstić information content (AvgIpc) is 2.37. The summed E-state index contributed by atoms with van der Waals surface area (Å²) in [6.07, 6.45) is 0.448. The number of aromatic nitrogens is 1. The van der Waals surface area contributed by atoms with Crippen molar-refractivity contribution in [2.75, 3.05) is 7.11 Å². The number of nitrogens with one attached hydrogen (secondary N) is 1. The van der Waals surface area contributed by atoms with Crippen molar-refractivity contribution in [1.82, 2.24) is 4.98 Å². The van der Waals surface area contributed by atoms with Crippen LogP contribution in [0.15, 0.2) is 23.0 Å². The van der Waals surface area contributed by atoms with Crippen molar-refractivity contribution in [3.8, 4) is 5.75 Å². The molecule has 5 nitrogen and oxygen atoms in total. The van der Waals surface area contributed by atoms with Crippen LogP contribution in [0.5, 0.6) is 5.75 Å².